The van der Waals surface area contributed by atoms with E-state index in [4.69, 9.17) is 0 Å². The highest BCUT2D eigenvalue weighted by Crippen LogP contribution is 2.20. The van der Waals surface area contributed by atoms with Crippen molar-refractivity contribution in [3.8, 4) is 0 Å². The summed E-state index contributed by atoms with van der Waals surface area (Å²) < 4.78 is 0. The van der Waals surface area contributed by atoms with Crippen molar-refractivity contribution in [2.45, 2.75) is 26.8 Å². The molecule has 2 aromatic rings. The highest BCUT2D eigenvalue weighted by molar-refractivity contribution is 6.00. The summed E-state index contributed by atoms with van der Waals surface area (Å²) in [4.78, 5) is 12.4. The first-order valence-corrected chi connectivity index (χ1v) is 7.30. The second-order valence-corrected chi connectivity index (χ2v) is 5.54. The summed E-state index contributed by atoms with van der Waals surface area (Å²) in [5.41, 5.74) is 2.45. The molecule has 0 aliphatic carbocycles. The fourth-order valence-electron chi connectivity index (χ4n) is 1.92. The lowest BCUT2D eigenvalue weighted by molar-refractivity contribution is 0.0931. The maximum absolute atomic E-state index is 12.4. The molecule has 0 bridgehead atoms. The Morgan fingerprint density at radius 2 is 1.52 bits per heavy atom. The SMILES string of the molecule is CC(C)C(C)NC(=O)c1ccccc1Nc1ccccc1. The molecule has 2 aromatic carbocycles. The lowest BCUT2D eigenvalue weighted by atomic mass is 10.1. The molecule has 0 spiro atoms. The third kappa shape index (κ3) is 4.09. The molecular formula is C18H22N2O. The van der Waals surface area contributed by atoms with Gasteiger partial charge in [0.2, 0.25) is 0 Å². The van der Waals surface area contributed by atoms with Crippen molar-refractivity contribution in [3.63, 3.8) is 0 Å². The maximum atomic E-state index is 12.4. The lowest BCUT2D eigenvalue weighted by Gasteiger charge is -2.19. The summed E-state index contributed by atoms with van der Waals surface area (Å²) in [6, 6.07) is 17.6. The fourth-order valence-corrected chi connectivity index (χ4v) is 1.92. The molecule has 0 heterocycles. The summed E-state index contributed by atoms with van der Waals surface area (Å²) in [5, 5.41) is 6.34. The Morgan fingerprint density at radius 3 is 2.19 bits per heavy atom. The smallest absolute Gasteiger partial charge is 0.253 e. The first-order chi connectivity index (χ1) is 10.1. The van der Waals surface area contributed by atoms with Gasteiger partial charge in [-0.25, -0.2) is 0 Å². The number of benzene rings is 2. The minimum absolute atomic E-state index is 0.0461. The average Bonchev–Trinajstić information content (AvgIpc) is 2.48. The highest BCUT2D eigenvalue weighted by Gasteiger charge is 2.15. The molecule has 1 amide bonds. The third-order valence-corrected chi connectivity index (χ3v) is 3.58. The number of hydrogen-bond donors (Lipinski definition) is 2. The van der Waals surface area contributed by atoms with E-state index in [2.05, 4.69) is 24.5 Å². The molecule has 2 rings (SSSR count). The second-order valence-electron chi connectivity index (χ2n) is 5.54. The normalized spacial score (nSPS) is 12.0. The van der Waals surface area contributed by atoms with Crippen molar-refractivity contribution in [1.29, 1.82) is 0 Å². The van der Waals surface area contributed by atoms with Gasteiger partial charge in [-0.15, -0.1) is 0 Å². The van der Waals surface area contributed by atoms with E-state index in [-0.39, 0.29) is 11.9 Å². The van der Waals surface area contributed by atoms with E-state index in [1.54, 1.807) is 0 Å². The van der Waals surface area contributed by atoms with E-state index in [1.807, 2.05) is 61.5 Å². The zero-order valence-electron chi connectivity index (χ0n) is 12.8. The standard InChI is InChI=1S/C18H22N2O/c1-13(2)14(3)19-18(21)16-11-7-8-12-17(16)20-15-9-5-4-6-10-15/h4-14,20H,1-3H3,(H,19,21). The van der Waals surface area contributed by atoms with Gasteiger partial charge in [-0.2, -0.15) is 0 Å². The van der Waals surface area contributed by atoms with Crippen LogP contribution in [0.25, 0.3) is 0 Å². The molecule has 0 aromatic heterocycles. The molecule has 3 nitrogen and oxygen atoms in total. The van der Waals surface area contributed by atoms with Crippen LogP contribution in [0.2, 0.25) is 0 Å². The molecule has 0 fully saturated rings. The summed E-state index contributed by atoms with van der Waals surface area (Å²) in [7, 11) is 0. The van der Waals surface area contributed by atoms with Gasteiger partial charge in [-0.1, -0.05) is 44.2 Å². The van der Waals surface area contributed by atoms with Crippen LogP contribution >= 0.6 is 0 Å². The number of rotatable bonds is 5. The molecular weight excluding hydrogens is 260 g/mol. The van der Waals surface area contributed by atoms with Gasteiger partial charge in [0.1, 0.15) is 0 Å². The van der Waals surface area contributed by atoms with Crippen molar-refractivity contribution < 1.29 is 4.79 Å². The Bertz CT molecular complexity index is 593. The molecule has 3 heteroatoms. The zero-order valence-corrected chi connectivity index (χ0v) is 12.8. The monoisotopic (exact) mass is 282 g/mol. The Morgan fingerprint density at radius 1 is 0.905 bits per heavy atom. The van der Waals surface area contributed by atoms with Gasteiger partial charge in [0.15, 0.2) is 0 Å². The average molecular weight is 282 g/mol. The largest absolute Gasteiger partial charge is 0.355 e. The number of carbonyl (C=O) groups is 1. The third-order valence-electron chi connectivity index (χ3n) is 3.58. The maximum Gasteiger partial charge on any atom is 0.253 e. The molecule has 1 atom stereocenters. The van der Waals surface area contributed by atoms with E-state index in [0.29, 0.717) is 11.5 Å². The number of carbonyl (C=O) groups excluding carboxylic acids is 1. The van der Waals surface area contributed by atoms with E-state index < -0.39 is 0 Å². The zero-order chi connectivity index (χ0) is 15.2. The molecule has 0 aliphatic heterocycles. The van der Waals surface area contributed by atoms with Crippen LogP contribution in [-0.2, 0) is 0 Å². The van der Waals surface area contributed by atoms with Crippen molar-refractivity contribution >= 4 is 17.3 Å². The molecule has 2 N–H and O–H groups in total. The van der Waals surface area contributed by atoms with Crippen LogP contribution in [0.5, 0.6) is 0 Å². The van der Waals surface area contributed by atoms with E-state index in [1.165, 1.54) is 0 Å². The lowest BCUT2D eigenvalue weighted by Crippen LogP contribution is -2.36. The van der Waals surface area contributed by atoms with Crippen molar-refractivity contribution in [1.82, 2.24) is 5.32 Å². The quantitative estimate of drug-likeness (QED) is 0.862. The van der Waals surface area contributed by atoms with Gasteiger partial charge in [0, 0.05) is 11.7 Å². The summed E-state index contributed by atoms with van der Waals surface area (Å²) >= 11 is 0. The van der Waals surface area contributed by atoms with Crippen LogP contribution < -0.4 is 10.6 Å². The minimum Gasteiger partial charge on any atom is -0.355 e. The van der Waals surface area contributed by atoms with Crippen molar-refractivity contribution in [3.05, 3.63) is 60.2 Å². The summed E-state index contributed by atoms with van der Waals surface area (Å²) in [6.07, 6.45) is 0. The Hall–Kier alpha value is -2.29. The van der Waals surface area contributed by atoms with Gasteiger partial charge in [-0.05, 0) is 37.1 Å². The molecule has 21 heavy (non-hydrogen) atoms. The Labute approximate surface area is 126 Å². The topological polar surface area (TPSA) is 41.1 Å². The van der Waals surface area contributed by atoms with Crippen molar-refractivity contribution in [2.24, 2.45) is 5.92 Å². The fraction of sp³-hybridized carbons (Fsp3) is 0.278. The summed E-state index contributed by atoms with van der Waals surface area (Å²) in [5.74, 6) is 0.360. The number of para-hydroxylation sites is 2. The highest BCUT2D eigenvalue weighted by atomic mass is 16.1. The number of amides is 1. The van der Waals surface area contributed by atoms with E-state index in [0.717, 1.165) is 11.4 Å². The van der Waals surface area contributed by atoms with Gasteiger partial charge in [0.05, 0.1) is 11.3 Å². The first-order valence-electron chi connectivity index (χ1n) is 7.30. The van der Waals surface area contributed by atoms with Crippen LogP contribution in [0.4, 0.5) is 11.4 Å². The molecule has 0 saturated carbocycles. The minimum atomic E-state index is -0.0461. The van der Waals surface area contributed by atoms with E-state index >= 15 is 0 Å². The molecule has 1 unspecified atom stereocenters. The van der Waals surface area contributed by atoms with Crippen LogP contribution in [0, 0.1) is 5.92 Å². The van der Waals surface area contributed by atoms with Gasteiger partial charge >= 0.3 is 0 Å². The summed E-state index contributed by atoms with van der Waals surface area (Å²) in [6.45, 7) is 6.22. The number of anilines is 2. The van der Waals surface area contributed by atoms with Gasteiger partial charge in [-0.3, -0.25) is 4.79 Å². The molecule has 0 saturated heterocycles. The molecule has 110 valence electrons. The van der Waals surface area contributed by atoms with Crippen LogP contribution in [-0.4, -0.2) is 11.9 Å². The van der Waals surface area contributed by atoms with Crippen LogP contribution in [0.1, 0.15) is 31.1 Å². The second kappa shape index (κ2) is 6.93. The number of nitrogens with one attached hydrogen (secondary N) is 2. The molecule has 0 radical (unpaired) electrons. The van der Waals surface area contributed by atoms with Crippen molar-refractivity contribution in [2.75, 3.05) is 5.32 Å². The van der Waals surface area contributed by atoms with Crippen LogP contribution in [0.3, 0.4) is 0 Å². The van der Waals surface area contributed by atoms with Gasteiger partial charge < -0.3 is 10.6 Å². The van der Waals surface area contributed by atoms with Crippen LogP contribution in [0.15, 0.2) is 54.6 Å². The Kier molecular flexibility index (Phi) is 4.99. The van der Waals surface area contributed by atoms with Gasteiger partial charge in [0.25, 0.3) is 5.91 Å². The predicted molar refractivity (Wildman–Crippen MR) is 87.9 cm³/mol. The van der Waals surface area contributed by atoms with E-state index in [9.17, 15) is 4.79 Å². The Balaban J connectivity index is 2.19. The number of hydrogen-bond acceptors (Lipinski definition) is 2. The molecule has 0 aliphatic rings. The predicted octanol–water partition coefficient (Wildman–Crippen LogP) is 4.20. The first kappa shape index (κ1) is 15.1.